The monoisotopic (exact) mass is 235 g/mol. The Balaban J connectivity index is 2.53. The molecule has 17 heavy (non-hydrogen) atoms. The molecule has 3 nitrogen and oxygen atoms in total. The zero-order chi connectivity index (χ0) is 12.9. The zero-order valence-electron chi connectivity index (χ0n) is 11.0. The third-order valence-electron chi connectivity index (χ3n) is 2.23. The minimum Gasteiger partial charge on any atom is -0.483 e. The van der Waals surface area contributed by atoms with Crippen LogP contribution in [0.3, 0.4) is 0 Å². The van der Waals surface area contributed by atoms with Crippen molar-refractivity contribution in [3.05, 3.63) is 29.8 Å². The number of rotatable bonds is 4. The van der Waals surface area contributed by atoms with Crippen molar-refractivity contribution in [2.45, 2.75) is 39.7 Å². The highest BCUT2D eigenvalue weighted by Crippen LogP contribution is 2.17. The van der Waals surface area contributed by atoms with Crippen LogP contribution >= 0.6 is 0 Å². The second-order valence-electron chi connectivity index (χ2n) is 5.05. The smallest absolute Gasteiger partial charge is 0.258 e. The third-order valence-corrected chi connectivity index (χ3v) is 2.23. The van der Waals surface area contributed by atoms with Gasteiger partial charge < -0.3 is 10.1 Å². The molecule has 1 N–H and O–H groups in total. The fourth-order valence-corrected chi connectivity index (χ4v) is 1.53. The molecule has 0 saturated heterocycles. The summed E-state index contributed by atoms with van der Waals surface area (Å²) in [6.07, 6.45) is 0.900. The Kier molecular flexibility index (Phi) is 4.55. The molecule has 0 heterocycles. The summed E-state index contributed by atoms with van der Waals surface area (Å²) < 4.78 is 5.52. The molecule has 0 aromatic heterocycles. The molecule has 94 valence electrons. The molecule has 1 amide bonds. The fraction of sp³-hybridized carbons (Fsp3) is 0.500. The second-order valence-corrected chi connectivity index (χ2v) is 5.05. The Hall–Kier alpha value is -1.51. The van der Waals surface area contributed by atoms with Gasteiger partial charge in [-0.25, -0.2) is 0 Å². The number of para-hydroxylation sites is 1. The highest BCUT2D eigenvalue weighted by molar-refractivity contribution is 5.78. The molecule has 0 aliphatic carbocycles. The number of carbonyl (C=O) groups is 1. The molecule has 1 rings (SSSR count). The van der Waals surface area contributed by atoms with Crippen LogP contribution < -0.4 is 10.1 Å². The summed E-state index contributed by atoms with van der Waals surface area (Å²) in [6, 6.07) is 7.79. The van der Waals surface area contributed by atoms with E-state index < -0.39 is 0 Å². The first-order valence-corrected chi connectivity index (χ1v) is 5.94. The standard InChI is InChI=1S/C14H21NO2/c1-5-11-8-6-7-9-12(11)17-10-13(16)15-14(2,3)4/h6-9H,5,10H2,1-4H3,(H,15,16). The van der Waals surface area contributed by atoms with E-state index in [2.05, 4.69) is 12.2 Å². The first-order chi connectivity index (χ1) is 7.92. The van der Waals surface area contributed by atoms with Crippen molar-refractivity contribution >= 4 is 5.91 Å². The van der Waals surface area contributed by atoms with Gasteiger partial charge in [0.2, 0.25) is 0 Å². The topological polar surface area (TPSA) is 38.3 Å². The van der Waals surface area contributed by atoms with Crippen LogP contribution in [0.4, 0.5) is 0 Å². The highest BCUT2D eigenvalue weighted by atomic mass is 16.5. The van der Waals surface area contributed by atoms with Crippen LogP contribution in [0.1, 0.15) is 33.3 Å². The lowest BCUT2D eigenvalue weighted by Gasteiger charge is -2.20. The zero-order valence-corrected chi connectivity index (χ0v) is 11.0. The molecule has 0 unspecified atom stereocenters. The van der Waals surface area contributed by atoms with E-state index in [9.17, 15) is 4.79 Å². The van der Waals surface area contributed by atoms with E-state index in [1.807, 2.05) is 45.0 Å². The van der Waals surface area contributed by atoms with Gasteiger partial charge in [-0.05, 0) is 38.8 Å². The lowest BCUT2D eigenvalue weighted by Crippen LogP contribution is -2.43. The maximum atomic E-state index is 11.6. The molecule has 0 saturated carbocycles. The Morgan fingerprint density at radius 3 is 2.53 bits per heavy atom. The lowest BCUT2D eigenvalue weighted by atomic mass is 10.1. The molecule has 0 spiro atoms. The van der Waals surface area contributed by atoms with E-state index in [1.165, 1.54) is 0 Å². The first-order valence-electron chi connectivity index (χ1n) is 5.94. The number of hydrogen-bond donors (Lipinski definition) is 1. The van der Waals surface area contributed by atoms with E-state index >= 15 is 0 Å². The van der Waals surface area contributed by atoms with Gasteiger partial charge in [0.05, 0.1) is 0 Å². The average Bonchev–Trinajstić information content (AvgIpc) is 2.24. The van der Waals surface area contributed by atoms with Gasteiger partial charge in [0.1, 0.15) is 5.75 Å². The van der Waals surface area contributed by atoms with Crippen LogP contribution in [0.15, 0.2) is 24.3 Å². The molecule has 0 radical (unpaired) electrons. The molecular formula is C14H21NO2. The number of hydrogen-bond acceptors (Lipinski definition) is 2. The van der Waals surface area contributed by atoms with Gasteiger partial charge in [0.15, 0.2) is 6.61 Å². The van der Waals surface area contributed by atoms with Crippen LogP contribution in [-0.4, -0.2) is 18.1 Å². The summed E-state index contributed by atoms with van der Waals surface area (Å²) >= 11 is 0. The highest BCUT2D eigenvalue weighted by Gasteiger charge is 2.14. The van der Waals surface area contributed by atoms with Gasteiger partial charge in [0.25, 0.3) is 5.91 Å². The Morgan fingerprint density at radius 1 is 1.29 bits per heavy atom. The fourth-order valence-electron chi connectivity index (χ4n) is 1.53. The van der Waals surface area contributed by atoms with Crippen molar-refractivity contribution in [3.8, 4) is 5.75 Å². The van der Waals surface area contributed by atoms with Crippen molar-refractivity contribution in [1.82, 2.24) is 5.32 Å². The summed E-state index contributed by atoms with van der Waals surface area (Å²) in [6.45, 7) is 7.98. The van der Waals surface area contributed by atoms with Crippen molar-refractivity contribution in [3.63, 3.8) is 0 Å². The quantitative estimate of drug-likeness (QED) is 0.871. The molecule has 3 heteroatoms. The maximum Gasteiger partial charge on any atom is 0.258 e. The van der Waals surface area contributed by atoms with E-state index in [4.69, 9.17) is 4.74 Å². The molecule has 0 aliphatic rings. The lowest BCUT2D eigenvalue weighted by molar-refractivity contribution is -0.124. The second kappa shape index (κ2) is 5.71. The van der Waals surface area contributed by atoms with Gasteiger partial charge in [-0.2, -0.15) is 0 Å². The van der Waals surface area contributed by atoms with Gasteiger partial charge in [-0.3, -0.25) is 4.79 Å². The predicted octanol–water partition coefficient (Wildman–Crippen LogP) is 2.54. The minimum absolute atomic E-state index is 0.0638. The number of nitrogens with one attached hydrogen (secondary N) is 1. The summed E-state index contributed by atoms with van der Waals surface area (Å²) in [4.78, 5) is 11.6. The minimum atomic E-state index is -0.218. The predicted molar refractivity (Wildman–Crippen MR) is 69.2 cm³/mol. The normalized spacial score (nSPS) is 11.1. The van der Waals surface area contributed by atoms with Crippen molar-refractivity contribution in [1.29, 1.82) is 0 Å². The maximum absolute atomic E-state index is 11.6. The van der Waals surface area contributed by atoms with Gasteiger partial charge in [-0.1, -0.05) is 25.1 Å². The van der Waals surface area contributed by atoms with Crippen LogP contribution in [0.25, 0.3) is 0 Å². The molecule has 1 aromatic carbocycles. The van der Waals surface area contributed by atoms with Crippen molar-refractivity contribution < 1.29 is 9.53 Å². The summed E-state index contributed by atoms with van der Waals surface area (Å²) in [5, 5.41) is 2.86. The largest absolute Gasteiger partial charge is 0.483 e. The van der Waals surface area contributed by atoms with Crippen LogP contribution in [0.5, 0.6) is 5.75 Å². The molecule has 0 atom stereocenters. The van der Waals surface area contributed by atoms with Crippen molar-refractivity contribution in [2.75, 3.05) is 6.61 Å². The Morgan fingerprint density at radius 2 is 1.94 bits per heavy atom. The Bertz CT molecular complexity index is 380. The van der Waals surface area contributed by atoms with Crippen molar-refractivity contribution in [2.24, 2.45) is 0 Å². The van der Waals surface area contributed by atoms with E-state index in [1.54, 1.807) is 0 Å². The van der Waals surface area contributed by atoms with Gasteiger partial charge in [-0.15, -0.1) is 0 Å². The molecule has 1 aromatic rings. The van der Waals surface area contributed by atoms with Gasteiger partial charge in [0, 0.05) is 5.54 Å². The average molecular weight is 235 g/mol. The number of ether oxygens (including phenoxy) is 1. The Labute approximate surface area is 103 Å². The number of amides is 1. The summed E-state index contributed by atoms with van der Waals surface area (Å²) in [5.74, 6) is 0.697. The number of aryl methyl sites for hydroxylation is 1. The van der Waals surface area contributed by atoms with Gasteiger partial charge >= 0.3 is 0 Å². The summed E-state index contributed by atoms with van der Waals surface area (Å²) in [7, 11) is 0. The molecule has 0 fully saturated rings. The van der Waals surface area contributed by atoms with E-state index in [-0.39, 0.29) is 18.1 Å². The first kappa shape index (κ1) is 13.6. The van der Waals surface area contributed by atoms with Crippen LogP contribution in [0.2, 0.25) is 0 Å². The molecule has 0 aliphatic heterocycles. The number of benzene rings is 1. The SMILES string of the molecule is CCc1ccccc1OCC(=O)NC(C)(C)C. The third kappa shape index (κ3) is 4.89. The molecule has 0 bridgehead atoms. The number of carbonyl (C=O) groups excluding carboxylic acids is 1. The molecular weight excluding hydrogens is 214 g/mol. The summed E-state index contributed by atoms with van der Waals surface area (Å²) in [5.41, 5.74) is 0.904. The van der Waals surface area contributed by atoms with E-state index in [0.29, 0.717) is 0 Å². The van der Waals surface area contributed by atoms with E-state index in [0.717, 1.165) is 17.7 Å². The van der Waals surface area contributed by atoms with Crippen LogP contribution in [-0.2, 0) is 11.2 Å². The van der Waals surface area contributed by atoms with Crippen LogP contribution in [0, 0.1) is 0 Å².